The van der Waals surface area contributed by atoms with Gasteiger partial charge in [0.1, 0.15) is 11.4 Å². The van der Waals surface area contributed by atoms with Crippen LogP contribution >= 0.6 is 11.8 Å². The van der Waals surface area contributed by atoms with E-state index in [1.165, 1.54) is 12.5 Å². The zero-order valence-electron chi connectivity index (χ0n) is 9.78. The van der Waals surface area contributed by atoms with Crippen LogP contribution in [-0.4, -0.2) is 48.3 Å². The minimum Gasteiger partial charge on any atom is -0.336 e. The van der Waals surface area contributed by atoms with E-state index in [2.05, 4.69) is 10.2 Å². The number of aromatic nitrogens is 2. The number of nitrogens with zero attached hydrogens (tertiary/aromatic N) is 4. The Kier molecular flexibility index (Phi) is 3.73. The highest BCUT2D eigenvalue weighted by Gasteiger charge is 2.33. The maximum absolute atomic E-state index is 11.8. The second-order valence-corrected chi connectivity index (χ2v) is 7.29. The predicted octanol–water partition coefficient (Wildman–Crippen LogP) is 0.272. The van der Waals surface area contributed by atoms with Gasteiger partial charge in [-0.1, -0.05) is 0 Å². The molecular formula is C10H12N4O2S2. The maximum Gasteiger partial charge on any atom is 0.170 e. The van der Waals surface area contributed by atoms with Crippen LogP contribution in [0.2, 0.25) is 0 Å². The number of thioether (sulfide) groups is 1. The van der Waals surface area contributed by atoms with Crippen molar-refractivity contribution in [1.29, 1.82) is 5.26 Å². The smallest absolute Gasteiger partial charge is 0.170 e. The molecular weight excluding hydrogens is 272 g/mol. The fourth-order valence-corrected chi connectivity index (χ4v) is 4.62. The van der Waals surface area contributed by atoms with E-state index in [1.807, 2.05) is 6.07 Å². The molecule has 0 aromatic carbocycles. The van der Waals surface area contributed by atoms with Crippen molar-refractivity contribution in [2.24, 2.45) is 0 Å². The zero-order chi connectivity index (χ0) is 13.2. The number of nitriles is 1. The third-order valence-electron chi connectivity index (χ3n) is 2.67. The first-order valence-corrected chi connectivity index (χ1v) is 8.40. The van der Waals surface area contributed by atoms with Gasteiger partial charge in [0.2, 0.25) is 0 Å². The van der Waals surface area contributed by atoms with E-state index in [4.69, 9.17) is 5.26 Å². The highest BCUT2D eigenvalue weighted by Crippen LogP contribution is 2.26. The Morgan fingerprint density at radius 1 is 1.61 bits per heavy atom. The normalized spacial score (nSPS) is 20.4. The Labute approximate surface area is 110 Å². The Hall–Kier alpha value is -1.33. The largest absolute Gasteiger partial charge is 0.336 e. The summed E-state index contributed by atoms with van der Waals surface area (Å²) in [4.78, 5) is 1.66. The molecule has 1 aromatic heterocycles. The van der Waals surface area contributed by atoms with Crippen molar-refractivity contribution in [3.05, 3.63) is 17.8 Å². The zero-order valence-corrected chi connectivity index (χ0v) is 11.4. The van der Waals surface area contributed by atoms with E-state index < -0.39 is 15.2 Å². The highest BCUT2D eigenvalue weighted by atomic mass is 32.2. The van der Waals surface area contributed by atoms with E-state index in [1.54, 1.807) is 22.7 Å². The van der Waals surface area contributed by atoms with Gasteiger partial charge in [0.25, 0.3) is 0 Å². The van der Waals surface area contributed by atoms with Crippen LogP contribution in [0.5, 0.6) is 0 Å². The Morgan fingerprint density at radius 3 is 3.06 bits per heavy atom. The molecule has 1 unspecified atom stereocenters. The van der Waals surface area contributed by atoms with E-state index in [-0.39, 0.29) is 0 Å². The molecule has 0 aliphatic carbocycles. The summed E-state index contributed by atoms with van der Waals surface area (Å²) in [6, 6.07) is 3.56. The van der Waals surface area contributed by atoms with Gasteiger partial charge in [0.15, 0.2) is 15.7 Å². The van der Waals surface area contributed by atoms with Crippen molar-refractivity contribution in [3.63, 3.8) is 0 Å². The average molecular weight is 284 g/mol. The summed E-state index contributed by atoms with van der Waals surface area (Å²) in [5.41, 5.74) is 0.352. The van der Waals surface area contributed by atoms with E-state index in [9.17, 15) is 8.42 Å². The minimum atomic E-state index is -3.22. The van der Waals surface area contributed by atoms with E-state index >= 15 is 0 Å². The molecule has 0 radical (unpaired) electrons. The Bertz CT molecular complexity index is 582. The fraction of sp³-hybridized carbons (Fsp3) is 0.500. The molecule has 96 valence electrons. The summed E-state index contributed by atoms with van der Waals surface area (Å²) in [6.45, 7) is 0.551. The topological polar surface area (TPSA) is 87.0 Å². The first-order valence-electron chi connectivity index (χ1n) is 5.29. The van der Waals surface area contributed by atoms with Crippen molar-refractivity contribution in [3.8, 4) is 6.07 Å². The van der Waals surface area contributed by atoms with Crippen molar-refractivity contribution >= 4 is 27.4 Å². The standard InChI is InChI=1S/C10H12N4O2S2/c1-18(15,16)9-7-17-5-4-14(9)10-8(6-11)2-3-12-13-10/h2-3,9H,4-5,7H2,1H3. The molecule has 18 heavy (non-hydrogen) atoms. The predicted molar refractivity (Wildman–Crippen MR) is 70.0 cm³/mol. The van der Waals surface area contributed by atoms with Crippen LogP contribution in [0.3, 0.4) is 0 Å². The maximum atomic E-state index is 11.8. The summed E-state index contributed by atoms with van der Waals surface area (Å²) in [5.74, 6) is 1.66. The van der Waals surface area contributed by atoms with Crippen LogP contribution in [0.15, 0.2) is 12.3 Å². The molecule has 1 fully saturated rings. The van der Waals surface area contributed by atoms with Crippen molar-refractivity contribution in [1.82, 2.24) is 10.2 Å². The molecule has 0 spiro atoms. The van der Waals surface area contributed by atoms with Gasteiger partial charge in [-0.25, -0.2) is 8.42 Å². The number of anilines is 1. The van der Waals surface area contributed by atoms with Crippen molar-refractivity contribution in [2.75, 3.05) is 29.2 Å². The summed E-state index contributed by atoms with van der Waals surface area (Å²) in [6.07, 6.45) is 2.63. The summed E-state index contributed by atoms with van der Waals surface area (Å²) < 4.78 is 23.6. The quantitative estimate of drug-likeness (QED) is 0.770. The Balaban J connectivity index is 2.44. The number of sulfone groups is 1. The molecule has 2 rings (SSSR count). The van der Waals surface area contributed by atoms with Crippen LogP contribution in [0.25, 0.3) is 0 Å². The van der Waals surface area contributed by atoms with Crippen molar-refractivity contribution in [2.45, 2.75) is 5.37 Å². The van der Waals surface area contributed by atoms with Crippen LogP contribution in [0.4, 0.5) is 5.82 Å². The summed E-state index contributed by atoms with van der Waals surface area (Å²) in [7, 11) is -3.22. The molecule has 8 heteroatoms. The minimum absolute atomic E-state index is 0.352. The van der Waals surface area contributed by atoms with Gasteiger partial charge in [-0.05, 0) is 6.07 Å². The molecule has 0 amide bonds. The molecule has 0 N–H and O–H groups in total. The van der Waals surface area contributed by atoms with Crippen LogP contribution in [0.1, 0.15) is 5.56 Å². The molecule has 1 aliphatic heterocycles. The van der Waals surface area contributed by atoms with Gasteiger partial charge in [-0.2, -0.15) is 22.1 Å². The molecule has 2 heterocycles. The monoisotopic (exact) mass is 284 g/mol. The second-order valence-electron chi connectivity index (χ2n) is 3.93. The highest BCUT2D eigenvalue weighted by molar-refractivity contribution is 8.01. The first kappa shape index (κ1) is 13.1. The molecule has 1 atom stereocenters. The Morgan fingerprint density at radius 2 is 2.39 bits per heavy atom. The van der Waals surface area contributed by atoms with Crippen LogP contribution in [-0.2, 0) is 9.84 Å². The summed E-state index contributed by atoms with van der Waals surface area (Å²) >= 11 is 1.59. The van der Waals surface area contributed by atoms with Gasteiger partial charge in [0, 0.05) is 24.3 Å². The first-order chi connectivity index (χ1) is 8.54. The van der Waals surface area contributed by atoms with Gasteiger partial charge in [-0.3, -0.25) is 0 Å². The van der Waals surface area contributed by atoms with Gasteiger partial charge < -0.3 is 4.90 Å². The van der Waals surface area contributed by atoms with Gasteiger partial charge in [-0.15, -0.1) is 5.10 Å². The molecule has 1 aliphatic rings. The molecule has 0 bridgehead atoms. The third kappa shape index (κ3) is 2.57. The van der Waals surface area contributed by atoms with Crippen molar-refractivity contribution < 1.29 is 8.42 Å². The molecule has 1 saturated heterocycles. The molecule has 6 nitrogen and oxygen atoms in total. The second kappa shape index (κ2) is 5.12. The van der Waals surface area contributed by atoms with E-state index in [0.29, 0.717) is 23.7 Å². The number of hydrogen-bond donors (Lipinski definition) is 0. The third-order valence-corrected chi connectivity index (χ3v) is 5.32. The van der Waals surface area contributed by atoms with Gasteiger partial charge in [0.05, 0.1) is 11.8 Å². The number of hydrogen-bond acceptors (Lipinski definition) is 7. The molecule has 1 aromatic rings. The van der Waals surface area contributed by atoms with Crippen LogP contribution < -0.4 is 4.90 Å². The lowest BCUT2D eigenvalue weighted by atomic mass is 10.3. The molecule has 0 saturated carbocycles. The SMILES string of the molecule is CS(=O)(=O)C1CSCCN1c1nnccc1C#N. The summed E-state index contributed by atoms with van der Waals surface area (Å²) in [5, 5.41) is 16.1. The lowest BCUT2D eigenvalue weighted by Gasteiger charge is -2.34. The van der Waals surface area contributed by atoms with E-state index in [0.717, 1.165) is 5.75 Å². The lowest BCUT2D eigenvalue weighted by Crippen LogP contribution is -2.47. The fourth-order valence-electron chi connectivity index (χ4n) is 1.80. The van der Waals surface area contributed by atoms with Gasteiger partial charge >= 0.3 is 0 Å². The van der Waals surface area contributed by atoms with Crippen LogP contribution in [0, 0.1) is 11.3 Å². The lowest BCUT2D eigenvalue weighted by molar-refractivity contribution is 0.583. The number of rotatable bonds is 2. The average Bonchev–Trinajstić information content (AvgIpc) is 2.37.